The lowest BCUT2D eigenvalue weighted by atomic mass is 10.1. The first-order valence-electron chi connectivity index (χ1n) is 8.96. The minimum absolute atomic E-state index is 0.0124. The molecule has 8 heteroatoms. The van der Waals surface area contributed by atoms with Crippen LogP contribution in [0.15, 0.2) is 47.6 Å². The second-order valence-corrected chi connectivity index (χ2v) is 6.08. The van der Waals surface area contributed by atoms with Gasteiger partial charge in [0.1, 0.15) is 17.2 Å². The lowest BCUT2D eigenvalue weighted by molar-refractivity contribution is -0.124. The van der Waals surface area contributed by atoms with E-state index < -0.39 is 0 Å². The number of carbonyl (C=O) groups excluding carboxylic acids is 2. The van der Waals surface area contributed by atoms with Crippen LogP contribution in [-0.2, 0) is 9.59 Å². The van der Waals surface area contributed by atoms with Crippen molar-refractivity contribution in [1.29, 1.82) is 0 Å². The van der Waals surface area contributed by atoms with Crippen LogP contribution in [0.5, 0.6) is 17.2 Å². The lowest BCUT2D eigenvalue weighted by Crippen LogP contribution is -2.21. The highest BCUT2D eigenvalue weighted by molar-refractivity contribution is 6.02. The molecule has 0 atom stereocenters. The van der Waals surface area contributed by atoms with Crippen LogP contribution in [0.2, 0.25) is 0 Å². The average Bonchev–Trinajstić information content (AvgIpc) is 2.76. The van der Waals surface area contributed by atoms with Crippen molar-refractivity contribution in [2.24, 2.45) is 5.10 Å². The Kier molecular flexibility index (Phi) is 8.02. The zero-order valence-electron chi connectivity index (χ0n) is 16.9. The Bertz CT molecular complexity index is 878. The number of hydrogen-bond donors (Lipinski definition) is 2. The van der Waals surface area contributed by atoms with E-state index in [-0.39, 0.29) is 24.7 Å². The van der Waals surface area contributed by atoms with Crippen LogP contribution in [0.3, 0.4) is 0 Å². The molecule has 0 saturated carbocycles. The van der Waals surface area contributed by atoms with Gasteiger partial charge in [0.2, 0.25) is 11.8 Å². The van der Waals surface area contributed by atoms with E-state index in [0.717, 1.165) is 5.56 Å². The molecule has 2 aromatic carbocycles. The van der Waals surface area contributed by atoms with Crippen LogP contribution in [0.25, 0.3) is 0 Å². The van der Waals surface area contributed by atoms with E-state index >= 15 is 0 Å². The van der Waals surface area contributed by atoms with Crippen LogP contribution in [0, 0.1) is 0 Å². The molecule has 0 unspecified atom stereocenters. The molecule has 2 rings (SSSR count). The molecule has 29 heavy (non-hydrogen) atoms. The van der Waals surface area contributed by atoms with E-state index in [1.54, 1.807) is 70.7 Å². The molecule has 0 aliphatic rings. The van der Waals surface area contributed by atoms with Gasteiger partial charge in [-0.25, -0.2) is 5.43 Å². The molecule has 2 aromatic rings. The van der Waals surface area contributed by atoms with E-state index in [1.165, 1.54) is 0 Å². The van der Waals surface area contributed by atoms with Gasteiger partial charge in [-0.1, -0.05) is 0 Å². The fourth-order valence-corrected chi connectivity index (χ4v) is 2.48. The molecule has 0 saturated heterocycles. The number of hydrazone groups is 1. The molecule has 0 aromatic heterocycles. The van der Waals surface area contributed by atoms with E-state index in [4.69, 9.17) is 14.2 Å². The molecule has 154 valence electrons. The second kappa shape index (κ2) is 10.7. The number of nitrogens with zero attached hydrogens (tertiary/aromatic N) is 1. The predicted octanol–water partition coefficient (Wildman–Crippen LogP) is 2.97. The summed E-state index contributed by atoms with van der Waals surface area (Å²) in [7, 11) is 4.69. The molecule has 0 fully saturated rings. The summed E-state index contributed by atoms with van der Waals surface area (Å²) in [5, 5.41) is 6.82. The summed E-state index contributed by atoms with van der Waals surface area (Å²) < 4.78 is 15.6. The number of benzene rings is 2. The van der Waals surface area contributed by atoms with Gasteiger partial charge in [0, 0.05) is 30.2 Å². The van der Waals surface area contributed by atoms with Crippen LogP contribution in [0.4, 0.5) is 5.69 Å². The summed E-state index contributed by atoms with van der Waals surface area (Å²) in [5.41, 5.74) is 4.39. The summed E-state index contributed by atoms with van der Waals surface area (Å²) in [6.07, 6.45) is 0.0524. The highest BCUT2D eigenvalue weighted by atomic mass is 16.5. The quantitative estimate of drug-likeness (QED) is 0.499. The van der Waals surface area contributed by atoms with Gasteiger partial charge in [-0.2, -0.15) is 5.10 Å². The van der Waals surface area contributed by atoms with Gasteiger partial charge in [-0.3, -0.25) is 9.59 Å². The normalized spacial score (nSPS) is 10.8. The van der Waals surface area contributed by atoms with Gasteiger partial charge >= 0.3 is 0 Å². The summed E-state index contributed by atoms with van der Waals surface area (Å²) >= 11 is 0. The maximum atomic E-state index is 12.0. The highest BCUT2D eigenvalue weighted by Gasteiger charge is 2.10. The third kappa shape index (κ3) is 6.53. The number of ether oxygens (including phenoxy) is 3. The summed E-state index contributed by atoms with van der Waals surface area (Å²) in [5.74, 6) is 1.32. The topological polar surface area (TPSA) is 98.2 Å². The summed E-state index contributed by atoms with van der Waals surface area (Å²) in [6, 6.07) is 12.3. The van der Waals surface area contributed by atoms with E-state index in [1.807, 2.05) is 0 Å². The number of methoxy groups -OCH3 is 3. The zero-order chi connectivity index (χ0) is 21.2. The molecule has 0 aliphatic heterocycles. The third-order valence-corrected chi connectivity index (χ3v) is 4.10. The molecule has 0 bridgehead atoms. The fourth-order valence-electron chi connectivity index (χ4n) is 2.48. The Morgan fingerprint density at radius 1 is 0.862 bits per heavy atom. The molecule has 2 amide bonds. The Labute approximate surface area is 169 Å². The first-order valence-corrected chi connectivity index (χ1v) is 8.96. The van der Waals surface area contributed by atoms with E-state index in [2.05, 4.69) is 15.8 Å². The maximum Gasteiger partial charge on any atom is 0.240 e. The Hall–Kier alpha value is -3.55. The highest BCUT2D eigenvalue weighted by Crippen LogP contribution is 2.25. The SMILES string of the molecule is COc1ccc(NC(=O)CCC(=O)NN=C(C)c2ccc(OC)cc2OC)cc1. The van der Waals surface area contributed by atoms with Crippen molar-refractivity contribution in [3.05, 3.63) is 48.0 Å². The lowest BCUT2D eigenvalue weighted by Gasteiger charge is -2.10. The van der Waals surface area contributed by atoms with Crippen molar-refractivity contribution < 1.29 is 23.8 Å². The summed E-state index contributed by atoms with van der Waals surface area (Å²) in [4.78, 5) is 24.0. The monoisotopic (exact) mass is 399 g/mol. The molecular formula is C21H25N3O5. The number of anilines is 1. The maximum absolute atomic E-state index is 12.0. The number of rotatable bonds is 9. The predicted molar refractivity (Wildman–Crippen MR) is 111 cm³/mol. The number of hydrogen-bond acceptors (Lipinski definition) is 6. The molecule has 0 aliphatic carbocycles. The van der Waals surface area contributed by atoms with Crippen LogP contribution >= 0.6 is 0 Å². The molecule has 0 radical (unpaired) electrons. The first-order chi connectivity index (χ1) is 14.0. The molecule has 2 N–H and O–H groups in total. The zero-order valence-corrected chi connectivity index (χ0v) is 16.9. The van der Waals surface area contributed by atoms with Crippen molar-refractivity contribution >= 4 is 23.2 Å². The first kappa shape index (κ1) is 21.7. The van der Waals surface area contributed by atoms with Gasteiger partial charge in [-0.05, 0) is 43.3 Å². The van der Waals surface area contributed by atoms with Crippen molar-refractivity contribution in [1.82, 2.24) is 5.43 Å². The van der Waals surface area contributed by atoms with E-state index in [9.17, 15) is 9.59 Å². The van der Waals surface area contributed by atoms with Crippen molar-refractivity contribution in [3.8, 4) is 17.2 Å². The van der Waals surface area contributed by atoms with E-state index in [0.29, 0.717) is 28.6 Å². The molecule has 8 nitrogen and oxygen atoms in total. The summed E-state index contributed by atoms with van der Waals surface area (Å²) in [6.45, 7) is 1.75. The van der Waals surface area contributed by atoms with Crippen LogP contribution in [-0.4, -0.2) is 38.9 Å². The van der Waals surface area contributed by atoms with Crippen molar-refractivity contribution in [3.63, 3.8) is 0 Å². The second-order valence-electron chi connectivity index (χ2n) is 6.08. The van der Waals surface area contributed by atoms with Crippen LogP contribution < -0.4 is 25.0 Å². The number of nitrogens with one attached hydrogen (secondary N) is 2. The number of amides is 2. The smallest absolute Gasteiger partial charge is 0.240 e. The largest absolute Gasteiger partial charge is 0.497 e. The van der Waals surface area contributed by atoms with Crippen LogP contribution in [0.1, 0.15) is 25.3 Å². The fraction of sp³-hybridized carbons (Fsp3) is 0.286. The Morgan fingerprint density at radius 3 is 2.10 bits per heavy atom. The number of carbonyl (C=O) groups is 2. The van der Waals surface area contributed by atoms with Gasteiger partial charge in [0.05, 0.1) is 27.0 Å². The Balaban J connectivity index is 1.86. The third-order valence-electron chi connectivity index (χ3n) is 4.10. The van der Waals surface area contributed by atoms with Gasteiger partial charge < -0.3 is 19.5 Å². The average molecular weight is 399 g/mol. The Morgan fingerprint density at radius 2 is 1.48 bits per heavy atom. The minimum Gasteiger partial charge on any atom is -0.497 e. The van der Waals surface area contributed by atoms with Crippen molar-refractivity contribution in [2.75, 3.05) is 26.6 Å². The van der Waals surface area contributed by atoms with Gasteiger partial charge in [-0.15, -0.1) is 0 Å². The van der Waals surface area contributed by atoms with Gasteiger partial charge in [0.25, 0.3) is 0 Å². The molecule has 0 spiro atoms. The minimum atomic E-state index is -0.360. The van der Waals surface area contributed by atoms with Gasteiger partial charge in [0.15, 0.2) is 0 Å². The standard InChI is InChI=1S/C21H25N3O5/c1-14(18-10-9-17(28-3)13-19(18)29-4)23-24-21(26)12-11-20(25)22-15-5-7-16(27-2)8-6-15/h5-10,13H,11-12H2,1-4H3,(H,22,25)(H,24,26). The van der Waals surface area contributed by atoms with Crippen molar-refractivity contribution in [2.45, 2.75) is 19.8 Å². The molecule has 0 heterocycles. The molecular weight excluding hydrogens is 374 g/mol.